The van der Waals surface area contributed by atoms with Crippen molar-refractivity contribution in [1.29, 1.82) is 0 Å². The highest BCUT2D eigenvalue weighted by molar-refractivity contribution is 6.28. The van der Waals surface area contributed by atoms with Gasteiger partial charge in [-0.3, -0.25) is 0 Å². The fourth-order valence-corrected chi connectivity index (χ4v) is 2.01. The highest BCUT2D eigenvalue weighted by atomic mass is 35.5. The number of hydrogen-bond donors (Lipinski definition) is 2. The third-order valence-corrected chi connectivity index (χ3v) is 2.89. The van der Waals surface area contributed by atoms with Crippen molar-refractivity contribution < 1.29 is 0 Å². The van der Waals surface area contributed by atoms with Crippen molar-refractivity contribution in [2.75, 3.05) is 23.7 Å². The van der Waals surface area contributed by atoms with Crippen LogP contribution in [0.3, 0.4) is 0 Å². The molecule has 0 unspecified atom stereocenters. The van der Waals surface area contributed by atoms with Gasteiger partial charge in [-0.1, -0.05) is 29.8 Å². The Kier molecular flexibility index (Phi) is 5.12. The van der Waals surface area contributed by atoms with Crippen LogP contribution in [0.1, 0.15) is 18.1 Å². The summed E-state index contributed by atoms with van der Waals surface area (Å²) < 4.78 is 0. The summed E-state index contributed by atoms with van der Waals surface area (Å²) in [5, 5.41) is 6.37. The lowest BCUT2D eigenvalue weighted by Crippen LogP contribution is -2.11. The van der Waals surface area contributed by atoms with Crippen LogP contribution >= 0.6 is 11.6 Å². The Bertz CT molecular complexity index is 573. The van der Waals surface area contributed by atoms with Crippen molar-refractivity contribution in [3.8, 4) is 0 Å². The van der Waals surface area contributed by atoms with Gasteiger partial charge in [-0.25, -0.2) is 0 Å². The third-order valence-electron chi connectivity index (χ3n) is 2.72. The number of rotatable bonds is 6. The molecule has 2 aromatic rings. The van der Waals surface area contributed by atoms with Gasteiger partial charge in [0.25, 0.3) is 0 Å². The molecule has 20 heavy (non-hydrogen) atoms. The summed E-state index contributed by atoms with van der Waals surface area (Å²) in [5.41, 5.74) is 2.55. The Morgan fingerprint density at radius 1 is 1.10 bits per heavy atom. The molecule has 0 aliphatic rings. The molecular weight excluding hydrogens is 274 g/mol. The molecule has 2 rings (SSSR count). The first-order valence-corrected chi connectivity index (χ1v) is 7.00. The topological polar surface area (TPSA) is 62.7 Å². The van der Waals surface area contributed by atoms with Gasteiger partial charge < -0.3 is 10.6 Å². The second-order valence-electron chi connectivity index (χ2n) is 4.45. The minimum atomic E-state index is 0.189. The van der Waals surface area contributed by atoms with Gasteiger partial charge in [-0.05, 0) is 37.4 Å². The van der Waals surface area contributed by atoms with Gasteiger partial charge in [-0.2, -0.15) is 15.0 Å². The van der Waals surface area contributed by atoms with Gasteiger partial charge in [0.2, 0.25) is 17.2 Å². The molecule has 1 aromatic heterocycles. The van der Waals surface area contributed by atoms with Crippen molar-refractivity contribution in [1.82, 2.24) is 15.0 Å². The molecule has 2 N–H and O–H groups in total. The predicted octanol–water partition coefficient (Wildman–Crippen LogP) is 2.92. The van der Waals surface area contributed by atoms with Crippen molar-refractivity contribution >= 4 is 23.5 Å². The van der Waals surface area contributed by atoms with Crippen LogP contribution in [-0.2, 0) is 6.42 Å². The van der Waals surface area contributed by atoms with Crippen molar-refractivity contribution in [2.24, 2.45) is 0 Å². The fourth-order valence-electron chi connectivity index (χ4n) is 1.85. The third kappa shape index (κ3) is 4.35. The molecule has 0 bridgehead atoms. The van der Waals surface area contributed by atoms with E-state index in [0.717, 1.165) is 19.5 Å². The molecule has 1 heterocycles. The van der Waals surface area contributed by atoms with Crippen LogP contribution < -0.4 is 10.6 Å². The Morgan fingerprint density at radius 2 is 1.85 bits per heavy atom. The van der Waals surface area contributed by atoms with Gasteiger partial charge >= 0.3 is 0 Å². The van der Waals surface area contributed by atoms with Gasteiger partial charge in [0.15, 0.2) is 0 Å². The number of halogens is 1. The van der Waals surface area contributed by atoms with E-state index in [2.05, 4.69) is 56.8 Å². The first-order chi connectivity index (χ1) is 9.67. The minimum Gasteiger partial charge on any atom is -0.354 e. The first-order valence-electron chi connectivity index (χ1n) is 6.62. The van der Waals surface area contributed by atoms with E-state index in [1.807, 2.05) is 6.92 Å². The number of nitrogens with zero attached hydrogens (tertiary/aromatic N) is 3. The lowest BCUT2D eigenvalue weighted by Gasteiger charge is -2.07. The molecule has 0 saturated heterocycles. The number of anilines is 2. The minimum absolute atomic E-state index is 0.189. The average molecular weight is 292 g/mol. The zero-order valence-corrected chi connectivity index (χ0v) is 12.4. The lowest BCUT2D eigenvalue weighted by molar-refractivity contribution is 0.956. The summed E-state index contributed by atoms with van der Waals surface area (Å²) in [6, 6.07) is 8.43. The highest BCUT2D eigenvalue weighted by Gasteiger charge is 2.03. The standard InChI is InChI=1S/C14H18ClN5/c1-3-16-13-18-12(15)19-14(20-13)17-8-7-11-6-4-5-10(2)9-11/h4-6,9H,3,7-8H2,1-2H3,(H2,16,17,18,19,20). The molecule has 0 fully saturated rings. The van der Waals surface area contributed by atoms with E-state index in [1.165, 1.54) is 11.1 Å². The number of nitrogens with one attached hydrogen (secondary N) is 2. The zero-order chi connectivity index (χ0) is 14.4. The van der Waals surface area contributed by atoms with Gasteiger partial charge in [-0.15, -0.1) is 0 Å². The molecule has 6 heteroatoms. The van der Waals surface area contributed by atoms with E-state index >= 15 is 0 Å². The Morgan fingerprint density at radius 3 is 2.55 bits per heavy atom. The molecule has 106 valence electrons. The van der Waals surface area contributed by atoms with E-state index in [9.17, 15) is 0 Å². The number of aryl methyl sites for hydroxylation is 1. The SMILES string of the molecule is CCNc1nc(Cl)nc(NCCc2cccc(C)c2)n1. The van der Waals surface area contributed by atoms with E-state index in [4.69, 9.17) is 11.6 Å². The molecule has 0 amide bonds. The lowest BCUT2D eigenvalue weighted by atomic mass is 10.1. The van der Waals surface area contributed by atoms with E-state index in [-0.39, 0.29) is 5.28 Å². The average Bonchev–Trinajstić information content (AvgIpc) is 2.38. The summed E-state index contributed by atoms with van der Waals surface area (Å²) in [5.74, 6) is 0.985. The van der Waals surface area contributed by atoms with E-state index in [1.54, 1.807) is 0 Å². The van der Waals surface area contributed by atoms with Gasteiger partial charge in [0, 0.05) is 13.1 Å². The largest absolute Gasteiger partial charge is 0.354 e. The molecule has 1 aromatic carbocycles. The molecule has 0 atom stereocenters. The van der Waals surface area contributed by atoms with Crippen LogP contribution in [0.5, 0.6) is 0 Å². The monoisotopic (exact) mass is 291 g/mol. The van der Waals surface area contributed by atoms with E-state index < -0.39 is 0 Å². The molecule has 0 radical (unpaired) electrons. The van der Waals surface area contributed by atoms with Crippen molar-refractivity contribution in [3.05, 3.63) is 40.7 Å². The normalized spacial score (nSPS) is 10.3. The molecule has 0 saturated carbocycles. The van der Waals surface area contributed by atoms with Gasteiger partial charge in [0.1, 0.15) is 0 Å². The Labute approximate surface area is 123 Å². The van der Waals surface area contributed by atoms with Gasteiger partial charge in [0.05, 0.1) is 0 Å². The maximum atomic E-state index is 5.86. The van der Waals surface area contributed by atoms with E-state index in [0.29, 0.717) is 11.9 Å². The second-order valence-corrected chi connectivity index (χ2v) is 4.79. The first kappa shape index (κ1) is 14.5. The summed E-state index contributed by atoms with van der Waals surface area (Å²) in [6.45, 7) is 5.55. The molecule has 0 aliphatic heterocycles. The van der Waals surface area contributed by atoms with Crippen LogP contribution in [0, 0.1) is 6.92 Å². The number of benzene rings is 1. The number of hydrogen-bond acceptors (Lipinski definition) is 5. The molecular formula is C14H18ClN5. The number of aromatic nitrogens is 3. The molecule has 5 nitrogen and oxygen atoms in total. The fraction of sp³-hybridized carbons (Fsp3) is 0.357. The Hall–Kier alpha value is -1.88. The van der Waals surface area contributed by atoms with Crippen LogP contribution in [0.4, 0.5) is 11.9 Å². The van der Waals surface area contributed by atoms with Crippen LogP contribution in [0.2, 0.25) is 5.28 Å². The van der Waals surface area contributed by atoms with Crippen molar-refractivity contribution in [2.45, 2.75) is 20.3 Å². The summed E-state index contributed by atoms with van der Waals surface area (Å²) >= 11 is 5.86. The highest BCUT2D eigenvalue weighted by Crippen LogP contribution is 2.10. The summed E-state index contributed by atoms with van der Waals surface area (Å²) in [6.07, 6.45) is 0.904. The van der Waals surface area contributed by atoms with Crippen molar-refractivity contribution in [3.63, 3.8) is 0 Å². The summed E-state index contributed by atoms with van der Waals surface area (Å²) in [4.78, 5) is 12.3. The molecule has 0 spiro atoms. The maximum Gasteiger partial charge on any atom is 0.228 e. The van der Waals surface area contributed by atoms with Crippen LogP contribution in [0.25, 0.3) is 0 Å². The maximum absolute atomic E-state index is 5.86. The smallest absolute Gasteiger partial charge is 0.228 e. The predicted molar refractivity (Wildman–Crippen MR) is 82.4 cm³/mol. The molecule has 0 aliphatic carbocycles. The quantitative estimate of drug-likeness (QED) is 0.857. The Balaban J connectivity index is 1.93. The van der Waals surface area contributed by atoms with Crippen LogP contribution in [0.15, 0.2) is 24.3 Å². The summed E-state index contributed by atoms with van der Waals surface area (Å²) in [7, 11) is 0. The second kappa shape index (κ2) is 7.05. The zero-order valence-electron chi connectivity index (χ0n) is 11.7. The van der Waals surface area contributed by atoms with Crippen LogP contribution in [-0.4, -0.2) is 28.0 Å².